The predicted octanol–water partition coefficient (Wildman–Crippen LogP) is 4.50. The highest BCUT2D eigenvalue weighted by molar-refractivity contribution is 6.30. The maximum atomic E-state index is 5.86. The van der Waals surface area contributed by atoms with Crippen LogP contribution in [0, 0.1) is 13.8 Å². The van der Waals surface area contributed by atoms with Gasteiger partial charge in [0.2, 0.25) is 0 Å². The minimum atomic E-state index is 0.766. The first-order valence-electron chi connectivity index (χ1n) is 4.86. The van der Waals surface area contributed by atoms with Gasteiger partial charge in [0, 0.05) is 5.02 Å². The molecule has 2 aromatic carbocycles. The summed E-state index contributed by atoms with van der Waals surface area (Å²) in [5.74, 6) is 0. The summed E-state index contributed by atoms with van der Waals surface area (Å²) < 4.78 is 0. The van der Waals surface area contributed by atoms with Crippen LogP contribution in [0.5, 0.6) is 0 Å². The van der Waals surface area contributed by atoms with Gasteiger partial charge in [0.15, 0.2) is 0 Å². The molecule has 0 saturated heterocycles. The fourth-order valence-corrected chi connectivity index (χ4v) is 1.75. The zero-order valence-corrected chi connectivity index (χ0v) is 9.38. The summed E-state index contributed by atoms with van der Waals surface area (Å²) in [5.41, 5.74) is 4.70. The summed E-state index contributed by atoms with van der Waals surface area (Å²) in [5, 5.41) is 0.766. The minimum Gasteiger partial charge on any atom is -0.0843 e. The molecule has 0 aliphatic heterocycles. The molecule has 0 aliphatic carbocycles. The molecule has 0 N–H and O–H groups in total. The van der Waals surface area contributed by atoms with Gasteiger partial charge in [-0.15, -0.1) is 0 Å². The Labute approximate surface area is 95.5 Å². The second-order valence-electron chi connectivity index (χ2n) is 3.60. The number of hydrogen-bond donors (Lipinski definition) is 0. The van der Waals surface area contributed by atoms with Gasteiger partial charge in [0.25, 0.3) is 0 Å². The molecule has 1 heteroatoms. The fourth-order valence-electron chi connectivity index (χ4n) is 1.63. The first-order valence-corrected chi connectivity index (χ1v) is 5.24. The van der Waals surface area contributed by atoms with Crippen LogP contribution >= 0.6 is 11.6 Å². The summed E-state index contributed by atoms with van der Waals surface area (Å²) in [6.07, 6.45) is 0. The minimum absolute atomic E-state index is 0.766. The van der Waals surface area contributed by atoms with Crippen LogP contribution in [0.2, 0.25) is 5.02 Å². The molecule has 0 fully saturated rings. The molecule has 75 valence electrons. The zero-order chi connectivity index (χ0) is 10.8. The molecule has 2 rings (SSSR count). The van der Waals surface area contributed by atoms with Gasteiger partial charge in [0.05, 0.1) is 0 Å². The number of hydrogen-bond acceptors (Lipinski definition) is 0. The van der Waals surface area contributed by atoms with Gasteiger partial charge in [-0.05, 0) is 48.2 Å². The van der Waals surface area contributed by atoms with E-state index in [-0.39, 0.29) is 0 Å². The molecule has 0 saturated carbocycles. The molecule has 1 radical (unpaired) electrons. The summed E-state index contributed by atoms with van der Waals surface area (Å²) in [6.45, 7) is 6.09. The Kier molecular flexibility index (Phi) is 2.79. The van der Waals surface area contributed by atoms with E-state index in [2.05, 4.69) is 19.9 Å². The Bertz CT molecular complexity index is 469. The zero-order valence-electron chi connectivity index (χ0n) is 8.63. The lowest BCUT2D eigenvalue weighted by molar-refractivity contribution is 1.41. The van der Waals surface area contributed by atoms with Crippen molar-refractivity contribution < 1.29 is 0 Å². The van der Waals surface area contributed by atoms with E-state index >= 15 is 0 Å². The quantitative estimate of drug-likeness (QED) is 0.657. The number of halogens is 1. The van der Waals surface area contributed by atoms with Gasteiger partial charge >= 0.3 is 0 Å². The summed E-state index contributed by atoms with van der Waals surface area (Å²) in [4.78, 5) is 0. The van der Waals surface area contributed by atoms with Crippen LogP contribution in [-0.2, 0) is 0 Å². The van der Waals surface area contributed by atoms with Crippen LogP contribution in [0.4, 0.5) is 0 Å². The molecule has 0 amide bonds. The van der Waals surface area contributed by atoms with Crippen molar-refractivity contribution in [3.05, 3.63) is 65.5 Å². The van der Waals surface area contributed by atoms with E-state index in [0.29, 0.717) is 0 Å². The Morgan fingerprint density at radius 1 is 1.00 bits per heavy atom. The molecule has 0 nitrogen and oxygen atoms in total. The summed E-state index contributed by atoms with van der Waals surface area (Å²) in [7, 11) is 0. The largest absolute Gasteiger partial charge is 0.0843 e. The maximum Gasteiger partial charge on any atom is 0.0406 e. The first-order chi connectivity index (χ1) is 7.18. The monoisotopic (exact) mass is 215 g/mol. The van der Waals surface area contributed by atoms with E-state index in [4.69, 9.17) is 11.6 Å². The normalized spacial score (nSPS) is 10.3. The molecule has 15 heavy (non-hydrogen) atoms. The fraction of sp³-hybridized carbons (Fsp3) is 0.0714. The highest BCUT2D eigenvalue weighted by Gasteiger charge is 2.02. The van der Waals surface area contributed by atoms with E-state index in [1.54, 1.807) is 0 Å². The van der Waals surface area contributed by atoms with Crippen LogP contribution in [0.1, 0.15) is 11.1 Å². The van der Waals surface area contributed by atoms with E-state index in [9.17, 15) is 0 Å². The molecule has 0 aromatic heterocycles. The molecule has 0 atom stereocenters. The number of rotatable bonds is 1. The second kappa shape index (κ2) is 4.08. The molecule has 0 spiro atoms. The van der Waals surface area contributed by atoms with Gasteiger partial charge in [-0.1, -0.05) is 41.9 Å². The standard InChI is InChI=1S/C14H12Cl/c1-10-4-3-5-14(11(10)2)12-6-8-13(15)9-7-12/h3-9H,1H2,2H3. The van der Waals surface area contributed by atoms with Crippen molar-refractivity contribution in [1.82, 2.24) is 0 Å². The SMILES string of the molecule is [CH2]c1cccc(-c2ccc(Cl)cc2)c1C. The summed E-state index contributed by atoms with van der Waals surface area (Å²) in [6, 6.07) is 14.0. The number of benzene rings is 2. The Morgan fingerprint density at radius 3 is 2.33 bits per heavy atom. The molecular weight excluding hydrogens is 204 g/mol. The van der Waals surface area contributed by atoms with E-state index in [1.807, 2.05) is 36.4 Å². The van der Waals surface area contributed by atoms with Crippen LogP contribution < -0.4 is 0 Å². The molecule has 0 aliphatic rings. The Balaban J connectivity index is 2.54. The average molecular weight is 216 g/mol. The highest BCUT2D eigenvalue weighted by Crippen LogP contribution is 2.26. The van der Waals surface area contributed by atoms with Crippen molar-refractivity contribution in [2.24, 2.45) is 0 Å². The van der Waals surface area contributed by atoms with E-state index in [0.717, 1.165) is 10.6 Å². The van der Waals surface area contributed by atoms with Gasteiger partial charge in [0.1, 0.15) is 0 Å². The molecule has 0 unspecified atom stereocenters. The lowest BCUT2D eigenvalue weighted by Gasteiger charge is -2.08. The van der Waals surface area contributed by atoms with Crippen LogP contribution in [-0.4, -0.2) is 0 Å². The van der Waals surface area contributed by atoms with Crippen molar-refractivity contribution in [2.45, 2.75) is 6.92 Å². The predicted molar refractivity (Wildman–Crippen MR) is 66.1 cm³/mol. The molecular formula is C14H12Cl. The third-order valence-corrected chi connectivity index (χ3v) is 2.85. The van der Waals surface area contributed by atoms with E-state index < -0.39 is 0 Å². The van der Waals surface area contributed by atoms with Crippen LogP contribution in [0.3, 0.4) is 0 Å². The smallest absolute Gasteiger partial charge is 0.0406 e. The van der Waals surface area contributed by atoms with E-state index in [1.165, 1.54) is 16.7 Å². The average Bonchev–Trinajstić information content (AvgIpc) is 2.24. The van der Waals surface area contributed by atoms with Gasteiger partial charge in [-0.3, -0.25) is 0 Å². The third-order valence-electron chi connectivity index (χ3n) is 2.60. The maximum absolute atomic E-state index is 5.86. The Hall–Kier alpha value is -1.27. The Morgan fingerprint density at radius 2 is 1.67 bits per heavy atom. The first kappa shape index (κ1) is 10.3. The van der Waals surface area contributed by atoms with Crippen molar-refractivity contribution >= 4 is 11.6 Å². The lowest BCUT2D eigenvalue weighted by atomic mass is 9.97. The van der Waals surface area contributed by atoms with Crippen molar-refractivity contribution in [3.8, 4) is 11.1 Å². The summed E-state index contributed by atoms with van der Waals surface area (Å²) >= 11 is 5.86. The second-order valence-corrected chi connectivity index (χ2v) is 4.03. The molecule has 0 heterocycles. The lowest BCUT2D eigenvalue weighted by Crippen LogP contribution is -1.86. The van der Waals surface area contributed by atoms with Gasteiger partial charge in [-0.2, -0.15) is 0 Å². The van der Waals surface area contributed by atoms with Crippen molar-refractivity contribution in [1.29, 1.82) is 0 Å². The van der Waals surface area contributed by atoms with Crippen LogP contribution in [0.15, 0.2) is 42.5 Å². The molecule has 0 bridgehead atoms. The van der Waals surface area contributed by atoms with Gasteiger partial charge in [-0.25, -0.2) is 0 Å². The highest BCUT2D eigenvalue weighted by atomic mass is 35.5. The molecule has 2 aromatic rings. The topological polar surface area (TPSA) is 0 Å². The van der Waals surface area contributed by atoms with Crippen molar-refractivity contribution in [3.63, 3.8) is 0 Å². The van der Waals surface area contributed by atoms with Crippen LogP contribution in [0.25, 0.3) is 11.1 Å². The third kappa shape index (κ3) is 2.05. The van der Waals surface area contributed by atoms with Gasteiger partial charge < -0.3 is 0 Å². The van der Waals surface area contributed by atoms with Crippen molar-refractivity contribution in [2.75, 3.05) is 0 Å².